The van der Waals surface area contributed by atoms with Crippen molar-refractivity contribution < 1.29 is 9.94 Å². The van der Waals surface area contributed by atoms with Gasteiger partial charge in [0, 0.05) is 6.54 Å². The van der Waals surface area contributed by atoms with Gasteiger partial charge in [0.1, 0.15) is 5.75 Å². The molecule has 0 spiro atoms. The molecule has 0 saturated heterocycles. The number of hydrogen-bond donors (Lipinski definition) is 2. The first-order chi connectivity index (χ1) is 8.16. The topological polar surface area (TPSA) is 41.5 Å². The van der Waals surface area contributed by atoms with Crippen LogP contribution in [0, 0.1) is 0 Å². The molecule has 2 rings (SSSR count). The van der Waals surface area contributed by atoms with Crippen LogP contribution in [0.15, 0.2) is 21.1 Å². The Morgan fingerprint density at radius 1 is 1.24 bits per heavy atom. The SMILES string of the molecule is Oc1c(Br)cc(CNOC2CCCC2)cc1Br. The second-order valence-electron chi connectivity index (χ2n) is 4.25. The lowest BCUT2D eigenvalue weighted by molar-refractivity contribution is -0.0244. The van der Waals surface area contributed by atoms with E-state index >= 15 is 0 Å². The van der Waals surface area contributed by atoms with E-state index in [9.17, 15) is 5.11 Å². The summed E-state index contributed by atoms with van der Waals surface area (Å²) in [6, 6.07) is 3.76. The molecule has 1 fully saturated rings. The smallest absolute Gasteiger partial charge is 0.143 e. The summed E-state index contributed by atoms with van der Waals surface area (Å²) >= 11 is 6.61. The van der Waals surface area contributed by atoms with Crippen LogP contribution in [0.4, 0.5) is 0 Å². The van der Waals surface area contributed by atoms with Crippen LogP contribution in [0.1, 0.15) is 31.2 Å². The molecule has 0 unspecified atom stereocenters. The number of benzene rings is 1. The fourth-order valence-electron chi connectivity index (χ4n) is 1.97. The number of aromatic hydroxyl groups is 1. The molecule has 1 saturated carbocycles. The number of rotatable bonds is 4. The fraction of sp³-hybridized carbons (Fsp3) is 0.500. The van der Waals surface area contributed by atoms with Gasteiger partial charge in [-0.15, -0.1) is 0 Å². The number of halogens is 2. The van der Waals surface area contributed by atoms with Crippen LogP contribution < -0.4 is 5.48 Å². The van der Waals surface area contributed by atoms with Crippen LogP contribution in [0.5, 0.6) is 5.75 Å². The van der Waals surface area contributed by atoms with Crippen LogP contribution in [-0.4, -0.2) is 11.2 Å². The first-order valence-electron chi connectivity index (χ1n) is 5.72. The summed E-state index contributed by atoms with van der Waals surface area (Å²) < 4.78 is 1.37. The van der Waals surface area contributed by atoms with Gasteiger partial charge in [-0.1, -0.05) is 12.8 Å². The molecule has 0 heterocycles. The van der Waals surface area contributed by atoms with Gasteiger partial charge in [-0.25, -0.2) is 0 Å². The summed E-state index contributed by atoms with van der Waals surface area (Å²) in [6.45, 7) is 0.633. The van der Waals surface area contributed by atoms with E-state index in [1.807, 2.05) is 12.1 Å². The Hall–Kier alpha value is -0.100. The highest BCUT2D eigenvalue weighted by molar-refractivity contribution is 9.11. The lowest BCUT2D eigenvalue weighted by Crippen LogP contribution is -2.21. The summed E-state index contributed by atoms with van der Waals surface area (Å²) in [5.41, 5.74) is 4.05. The van der Waals surface area contributed by atoms with Crippen molar-refractivity contribution in [2.75, 3.05) is 0 Å². The second-order valence-corrected chi connectivity index (χ2v) is 5.96. The molecule has 3 nitrogen and oxygen atoms in total. The van der Waals surface area contributed by atoms with Crippen molar-refractivity contribution in [1.29, 1.82) is 0 Å². The van der Waals surface area contributed by atoms with E-state index in [4.69, 9.17) is 4.84 Å². The largest absolute Gasteiger partial charge is 0.506 e. The minimum absolute atomic E-state index is 0.227. The van der Waals surface area contributed by atoms with E-state index in [1.54, 1.807) is 0 Å². The van der Waals surface area contributed by atoms with Gasteiger partial charge < -0.3 is 5.11 Å². The minimum atomic E-state index is 0.227. The number of hydrogen-bond acceptors (Lipinski definition) is 3. The zero-order chi connectivity index (χ0) is 12.3. The third-order valence-electron chi connectivity index (χ3n) is 2.91. The van der Waals surface area contributed by atoms with E-state index in [2.05, 4.69) is 37.3 Å². The maximum Gasteiger partial charge on any atom is 0.143 e. The summed E-state index contributed by atoms with van der Waals surface area (Å²) in [6.07, 6.45) is 5.19. The molecule has 0 bridgehead atoms. The van der Waals surface area contributed by atoms with Gasteiger partial charge in [-0.3, -0.25) is 4.84 Å². The van der Waals surface area contributed by atoms with Gasteiger partial charge in [0.2, 0.25) is 0 Å². The van der Waals surface area contributed by atoms with Crippen LogP contribution >= 0.6 is 31.9 Å². The van der Waals surface area contributed by atoms with Gasteiger partial charge in [0.05, 0.1) is 15.0 Å². The Balaban J connectivity index is 1.86. The van der Waals surface area contributed by atoms with Crippen molar-refractivity contribution in [2.24, 2.45) is 0 Å². The zero-order valence-electron chi connectivity index (χ0n) is 9.38. The minimum Gasteiger partial charge on any atom is -0.506 e. The Labute approximate surface area is 118 Å². The molecule has 1 aromatic rings. The summed E-state index contributed by atoms with van der Waals surface area (Å²) in [5.74, 6) is 0.227. The lowest BCUT2D eigenvalue weighted by atomic mass is 10.2. The highest BCUT2D eigenvalue weighted by Crippen LogP contribution is 2.33. The fourth-order valence-corrected chi connectivity index (χ4v) is 3.25. The number of phenols is 1. The average Bonchev–Trinajstić information content (AvgIpc) is 2.79. The van der Waals surface area contributed by atoms with E-state index in [0.29, 0.717) is 21.6 Å². The van der Waals surface area contributed by atoms with Crippen molar-refractivity contribution in [2.45, 2.75) is 38.3 Å². The maximum absolute atomic E-state index is 9.58. The molecule has 0 amide bonds. The Morgan fingerprint density at radius 3 is 2.41 bits per heavy atom. The second kappa shape index (κ2) is 6.18. The third-order valence-corrected chi connectivity index (χ3v) is 4.11. The predicted octanol–water partition coefficient (Wildman–Crippen LogP) is 3.88. The highest BCUT2D eigenvalue weighted by atomic mass is 79.9. The summed E-state index contributed by atoms with van der Waals surface area (Å²) in [4.78, 5) is 5.57. The molecule has 1 aliphatic carbocycles. The number of phenolic OH excluding ortho intramolecular Hbond substituents is 1. The standard InChI is InChI=1S/C12H15Br2NO2/c13-10-5-8(6-11(14)12(10)16)7-15-17-9-3-1-2-4-9/h5-6,9,15-16H,1-4,7H2. The van der Waals surface area contributed by atoms with Crippen molar-refractivity contribution in [1.82, 2.24) is 5.48 Å². The molecule has 17 heavy (non-hydrogen) atoms. The first kappa shape index (κ1) is 13.3. The van der Waals surface area contributed by atoms with Crippen molar-refractivity contribution in [3.05, 3.63) is 26.6 Å². The Bertz CT molecular complexity index is 369. The molecule has 94 valence electrons. The molecular weight excluding hydrogens is 350 g/mol. The van der Waals surface area contributed by atoms with Gasteiger partial charge >= 0.3 is 0 Å². The summed E-state index contributed by atoms with van der Waals surface area (Å²) in [7, 11) is 0. The summed E-state index contributed by atoms with van der Waals surface area (Å²) in [5, 5.41) is 9.58. The lowest BCUT2D eigenvalue weighted by Gasteiger charge is -2.12. The van der Waals surface area contributed by atoms with E-state index in [0.717, 1.165) is 18.4 Å². The van der Waals surface area contributed by atoms with E-state index < -0.39 is 0 Å². The molecule has 5 heteroatoms. The number of hydroxylamine groups is 1. The molecule has 0 radical (unpaired) electrons. The zero-order valence-corrected chi connectivity index (χ0v) is 12.6. The van der Waals surface area contributed by atoms with Gasteiger partial charge in [0.25, 0.3) is 0 Å². The van der Waals surface area contributed by atoms with Crippen molar-refractivity contribution in [3.8, 4) is 5.75 Å². The van der Waals surface area contributed by atoms with Crippen LogP contribution in [0.2, 0.25) is 0 Å². The van der Waals surface area contributed by atoms with E-state index in [1.165, 1.54) is 12.8 Å². The maximum atomic E-state index is 9.58. The highest BCUT2D eigenvalue weighted by Gasteiger charge is 2.15. The molecule has 1 aromatic carbocycles. The van der Waals surface area contributed by atoms with Gasteiger partial charge in [-0.2, -0.15) is 5.48 Å². The first-order valence-corrected chi connectivity index (χ1v) is 7.31. The number of nitrogens with one attached hydrogen (secondary N) is 1. The predicted molar refractivity (Wildman–Crippen MR) is 73.7 cm³/mol. The molecule has 0 aliphatic heterocycles. The molecule has 2 N–H and O–H groups in total. The molecule has 1 aliphatic rings. The van der Waals surface area contributed by atoms with E-state index in [-0.39, 0.29) is 5.75 Å². The average molecular weight is 365 g/mol. The molecule has 0 atom stereocenters. The normalized spacial score (nSPS) is 16.6. The third kappa shape index (κ3) is 3.68. The van der Waals surface area contributed by atoms with Crippen LogP contribution in [0.25, 0.3) is 0 Å². The Kier molecular flexibility index (Phi) is 4.85. The Morgan fingerprint density at radius 2 is 1.82 bits per heavy atom. The van der Waals surface area contributed by atoms with Gasteiger partial charge in [-0.05, 0) is 62.4 Å². The molecular formula is C12H15Br2NO2. The molecule has 0 aromatic heterocycles. The monoisotopic (exact) mass is 363 g/mol. The van der Waals surface area contributed by atoms with Crippen molar-refractivity contribution >= 4 is 31.9 Å². The van der Waals surface area contributed by atoms with Gasteiger partial charge in [0.15, 0.2) is 0 Å². The van der Waals surface area contributed by atoms with Crippen LogP contribution in [-0.2, 0) is 11.4 Å². The van der Waals surface area contributed by atoms with Crippen molar-refractivity contribution in [3.63, 3.8) is 0 Å². The quantitative estimate of drug-likeness (QED) is 0.796. The van der Waals surface area contributed by atoms with Crippen LogP contribution in [0.3, 0.4) is 0 Å².